The summed E-state index contributed by atoms with van der Waals surface area (Å²) >= 11 is 0. The van der Waals surface area contributed by atoms with E-state index in [1.54, 1.807) is 24.5 Å². The molecular formula is C25H25FN4O3. The van der Waals surface area contributed by atoms with Gasteiger partial charge >= 0.3 is 6.09 Å². The zero-order chi connectivity index (χ0) is 22.6. The number of carbonyl (C=O) groups excluding carboxylic acids is 1. The van der Waals surface area contributed by atoms with Crippen LogP contribution in [0, 0.1) is 24.1 Å². The number of aromatic nitrogens is 2. The fraction of sp³-hybridized carbons (Fsp3) is 0.400. The highest BCUT2D eigenvalue weighted by Gasteiger charge is 2.57. The van der Waals surface area contributed by atoms with Gasteiger partial charge in [0, 0.05) is 40.9 Å². The molecule has 2 unspecified atom stereocenters. The van der Waals surface area contributed by atoms with Crippen LogP contribution in [0.15, 0.2) is 30.6 Å². The number of fused-ring (bicyclic) bond motifs is 3. The minimum Gasteiger partial charge on any atom is -0.474 e. The molecule has 1 aromatic carbocycles. The summed E-state index contributed by atoms with van der Waals surface area (Å²) < 4.78 is 26.1. The number of halogens is 1. The first-order chi connectivity index (χ1) is 16.0. The van der Waals surface area contributed by atoms with E-state index in [2.05, 4.69) is 20.6 Å². The van der Waals surface area contributed by atoms with E-state index < -0.39 is 6.09 Å². The van der Waals surface area contributed by atoms with Gasteiger partial charge in [0.1, 0.15) is 23.9 Å². The van der Waals surface area contributed by atoms with Crippen LogP contribution in [0.3, 0.4) is 0 Å². The molecular weight excluding hydrogens is 423 g/mol. The molecule has 2 N–H and O–H groups in total. The summed E-state index contributed by atoms with van der Waals surface area (Å²) in [5.41, 5.74) is 3.01. The Balaban J connectivity index is 1.25. The van der Waals surface area contributed by atoms with E-state index in [4.69, 9.17) is 9.47 Å². The number of amides is 1. The molecule has 1 aliphatic heterocycles. The van der Waals surface area contributed by atoms with Gasteiger partial charge < -0.3 is 14.8 Å². The molecule has 3 aliphatic rings. The van der Waals surface area contributed by atoms with E-state index in [1.165, 1.54) is 25.3 Å². The molecule has 3 aromatic rings. The molecule has 2 fully saturated rings. The summed E-state index contributed by atoms with van der Waals surface area (Å²) in [5.74, 6) is 1.27. The third-order valence-electron chi connectivity index (χ3n) is 7.35. The van der Waals surface area contributed by atoms with Crippen molar-refractivity contribution >= 4 is 28.4 Å². The number of nitrogens with one attached hydrogen (secondary N) is 2. The average molecular weight is 448 g/mol. The fourth-order valence-corrected chi connectivity index (χ4v) is 5.38. The van der Waals surface area contributed by atoms with Crippen LogP contribution in [0.25, 0.3) is 21.9 Å². The molecule has 7 nitrogen and oxygen atoms in total. The lowest BCUT2D eigenvalue weighted by molar-refractivity contribution is 0.132. The number of nitrogens with zero attached hydrogens (tertiary/aromatic N) is 2. The number of hydrogen-bond acceptors (Lipinski definition) is 6. The number of anilines is 2. The smallest absolute Gasteiger partial charge is 0.412 e. The fourth-order valence-electron chi connectivity index (χ4n) is 5.38. The van der Waals surface area contributed by atoms with Crippen LogP contribution in [0.4, 0.5) is 20.7 Å². The van der Waals surface area contributed by atoms with Crippen molar-refractivity contribution in [2.45, 2.75) is 32.6 Å². The van der Waals surface area contributed by atoms with Crippen LogP contribution in [0.2, 0.25) is 0 Å². The van der Waals surface area contributed by atoms with E-state index in [9.17, 15) is 4.79 Å². The summed E-state index contributed by atoms with van der Waals surface area (Å²) in [4.78, 5) is 20.9. The minimum absolute atomic E-state index is 0.223. The number of hydrogen-bond donors (Lipinski definition) is 2. The van der Waals surface area contributed by atoms with Crippen LogP contribution in [-0.2, 0) is 4.74 Å². The van der Waals surface area contributed by atoms with Crippen molar-refractivity contribution < 1.29 is 18.7 Å². The van der Waals surface area contributed by atoms with Crippen molar-refractivity contribution in [3.8, 4) is 17.0 Å². The maximum absolute atomic E-state index is 15.0. The molecule has 0 bridgehead atoms. The Labute approximate surface area is 190 Å². The van der Waals surface area contributed by atoms with E-state index in [1.807, 2.05) is 6.92 Å². The molecule has 2 aliphatic carbocycles. The molecule has 0 radical (unpaired) electrons. The first-order valence-electron chi connectivity index (χ1n) is 11.4. The van der Waals surface area contributed by atoms with Crippen LogP contribution in [0.1, 0.15) is 31.2 Å². The maximum atomic E-state index is 15.0. The highest BCUT2D eigenvalue weighted by atomic mass is 19.1. The predicted octanol–water partition coefficient (Wildman–Crippen LogP) is 5.29. The largest absolute Gasteiger partial charge is 0.474 e. The molecule has 2 saturated carbocycles. The van der Waals surface area contributed by atoms with Gasteiger partial charge in [0.05, 0.1) is 6.61 Å². The quantitative estimate of drug-likeness (QED) is 0.564. The Kier molecular flexibility index (Phi) is 4.64. The van der Waals surface area contributed by atoms with Gasteiger partial charge in [-0.3, -0.25) is 5.32 Å². The number of pyridine rings is 2. The number of rotatable bonds is 4. The highest BCUT2D eigenvalue weighted by Crippen LogP contribution is 2.63. The Morgan fingerprint density at radius 1 is 1.27 bits per heavy atom. The van der Waals surface area contributed by atoms with Gasteiger partial charge in [-0.1, -0.05) is 6.42 Å². The Bertz CT molecular complexity index is 1280. The third-order valence-corrected chi connectivity index (χ3v) is 7.35. The van der Waals surface area contributed by atoms with Gasteiger partial charge in [0.2, 0.25) is 5.88 Å². The molecule has 3 heterocycles. The molecule has 8 heteroatoms. The van der Waals surface area contributed by atoms with Crippen molar-refractivity contribution in [2.24, 2.45) is 11.3 Å². The minimum atomic E-state index is -0.503. The van der Waals surface area contributed by atoms with E-state index >= 15 is 4.39 Å². The summed E-state index contributed by atoms with van der Waals surface area (Å²) in [6, 6.07) is 4.94. The predicted molar refractivity (Wildman–Crippen MR) is 123 cm³/mol. The van der Waals surface area contributed by atoms with Gasteiger partial charge in [0.15, 0.2) is 0 Å². The van der Waals surface area contributed by atoms with Gasteiger partial charge in [-0.15, -0.1) is 0 Å². The second-order valence-corrected chi connectivity index (χ2v) is 9.36. The van der Waals surface area contributed by atoms with E-state index in [0.29, 0.717) is 48.0 Å². The maximum Gasteiger partial charge on any atom is 0.412 e. The lowest BCUT2D eigenvalue weighted by Gasteiger charge is -2.21. The van der Waals surface area contributed by atoms with Crippen LogP contribution >= 0.6 is 0 Å². The molecule has 2 aromatic heterocycles. The Morgan fingerprint density at radius 2 is 2.18 bits per heavy atom. The van der Waals surface area contributed by atoms with Crippen LogP contribution in [0.5, 0.6) is 5.88 Å². The zero-order valence-electron chi connectivity index (χ0n) is 18.4. The second-order valence-electron chi connectivity index (χ2n) is 9.36. The second kappa shape index (κ2) is 7.57. The average Bonchev–Trinajstić information content (AvgIpc) is 3.37. The van der Waals surface area contributed by atoms with Crippen molar-refractivity contribution in [3.63, 3.8) is 0 Å². The van der Waals surface area contributed by atoms with Gasteiger partial charge in [0.25, 0.3) is 0 Å². The number of ether oxygens (including phenoxy) is 2. The van der Waals surface area contributed by atoms with E-state index in [0.717, 1.165) is 29.0 Å². The molecule has 1 amide bonds. The lowest BCUT2D eigenvalue weighted by atomic mass is 9.98. The number of benzene rings is 1. The molecule has 33 heavy (non-hydrogen) atoms. The topological polar surface area (TPSA) is 85.4 Å². The van der Waals surface area contributed by atoms with Crippen molar-refractivity contribution in [1.29, 1.82) is 0 Å². The lowest BCUT2D eigenvalue weighted by Crippen LogP contribution is -2.20. The van der Waals surface area contributed by atoms with Crippen LogP contribution in [-0.4, -0.2) is 35.8 Å². The standard InChI is InChI=1S/C25H25FN4O3/c1-14-19(12-29-23-22(14)27-5-6-32-23)18-7-15-9-21(28-11-16(15)8-20(18)26)30-24(31)33-13-25-4-2-3-17(25)10-25/h7-9,11-12,17,27H,2-6,10,13H2,1H3,(H,28,30,31). The summed E-state index contributed by atoms with van der Waals surface area (Å²) in [7, 11) is 0. The van der Waals surface area contributed by atoms with Crippen molar-refractivity contribution in [2.75, 3.05) is 30.4 Å². The first kappa shape index (κ1) is 20.2. The zero-order valence-corrected chi connectivity index (χ0v) is 18.4. The molecule has 6 rings (SSSR count). The summed E-state index contributed by atoms with van der Waals surface area (Å²) in [6.45, 7) is 3.62. The molecule has 170 valence electrons. The monoisotopic (exact) mass is 448 g/mol. The summed E-state index contributed by atoms with van der Waals surface area (Å²) in [5, 5.41) is 7.40. The van der Waals surface area contributed by atoms with Gasteiger partial charge in [-0.25, -0.2) is 19.2 Å². The first-order valence-corrected chi connectivity index (χ1v) is 11.4. The molecule has 0 saturated heterocycles. The van der Waals surface area contributed by atoms with Gasteiger partial charge in [-0.05, 0) is 61.3 Å². The Morgan fingerprint density at radius 3 is 3.00 bits per heavy atom. The van der Waals surface area contributed by atoms with Gasteiger partial charge in [-0.2, -0.15) is 0 Å². The highest BCUT2D eigenvalue weighted by molar-refractivity contribution is 5.92. The van der Waals surface area contributed by atoms with Crippen LogP contribution < -0.4 is 15.4 Å². The summed E-state index contributed by atoms with van der Waals surface area (Å²) in [6.07, 6.45) is 7.47. The van der Waals surface area contributed by atoms with Crippen molar-refractivity contribution in [1.82, 2.24) is 9.97 Å². The SMILES string of the molecule is Cc1c(-c2cc3cc(NC(=O)OCC45CCCC4C5)ncc3cc2F)cnc2c1NCCO2. The van der Waals surface area contributed by atoms with Crippen molar-refractivity contribution in [3.05, 3.63) is 42.0 Å². The van der Waals surface area contributed by atoms with E-state index in [-0.39, 0.29) is 11.2 Å². The normalized spacial score (nSPS) is 22.7. The molecule has 2 atom stereocenters. The molecule has 0 spiro atoms. The third kappa shape index (κ3) is 3.53. The number of carbonyl (C=O) groups is 1. The Hall–Kier alpha value is -3.42.